The predicted molar refractivity (Wildman–Crippen MR) is 36.7 cm³/mol. The second-order valence-corrected chi connectivity index (χ2v) is 2.08. The maximum Gasteiger partial charge on any atom is 0.336 e. The molecule has 1 heterocycles. The van der Waals surface area contributed by atoms with E-state index in [0.29, 0.717) is 5.76 Å². The molecular formula is C7H6O4. The Morgan fingerprint density at radius 2 is 2.18 bits per heavy atom. The summed E-state index contributed by atoms with van der Waals surface area (Å²) in [6, 6.07) is 2.24. The topological polar surface area (TPSA) is 67.5 Å². The fraction of sp³-hybridized carbons (Fsp3) is 0.143. The van der Waals surface area contributed by atoms with Crippen LogP contribution in [0.25, 0.3) is 0 Å². The first-order valence-electron chi connectivity index (χ1n) is 2.94. The number of carbonyl (C=O) groups is 1. The van der Waals surface area contributed by atoms with E-state index in [9.17, 15) is 9.59 Å². The van der Waals surface area contributed by atoms with Gasteiger partial charge in [0.25, 0.3) is 0 Å². The molecule has 0 fully saturated rings. The van der Waals surface area contributed by atoms with E-state index in [1.807, 2.05) is 0 Å². The molecule has 4 heteroatoms. The fourth-order valence-corrected chi connectivity index (χ4v) is 0.729. The van der Waals surface area contributed by atoms with Crippen molar-refractivity contribution in [2.75, 3.05) is 0 Å². The molecule has 1 aromatic rings. The van der Waals surface area contributed by atoms with Gasteiger partial charge in [-0.2, -0.15) is 0 Å². The van der Waals surface area contributed by atoms with Crippen LogP contribution in [-0.4, -0.2) is 11.1 Å². The molecule has 0 aliphatic heterocycles. The van der Waals surface area contributed by atoms with E-state index in [0.717, 1.165) is 6.07 Å². The number of aryl methyl sites for hydroxylation is 1. The quantitative estimate of drug-likeness (QED) is 0.644. The Balaban J connectivity index is 3.30. The van der Waals surface area contributed by atoms with E-state index in [2.05, 4.69) is 4.42 Å². The zero-order valence-corrected chi connectivity index (χ0v) is 5.83. The maximum atomic E-state index is 10.6. The highest BCUT2D eigenvalue weighted by Crippen LogP contribution is 1.98. The van der Waals surface area contributed by atoms with Crippen molar-refractivity contribution in [2.45, 2.75) is 6.92 Å². The van der Waals surface area contributed by atoms with Crippen molar-refractivity contribution in [3.63, 3.8) is 0 Å². The lowest BCUT2D eigenvalue weighted by atomic mass is 10.2. The Labute approximate surface area is 62.1 Å². The minimum Gasteiger partial charge on any atom is -0.478 e. The monoisotopic (exact) mass is 154 g/mol. The minimum atomic E-state index is -1.12. The van der Waals surface area contributed by atoms with E-state index in [1.54, 1.807) is 0 Å². The average molecular weight is 154 g/mol. The van der Waals surface area contributed by atoms with Gasteiger partial charge in [-0.3, -0.25) is 0 Å². The summed E-state index contributed by atoms with van der Waals surface area (Å²) in [5.41, 5.74) is -0.679. The molecule has 0 saturated carbocycles. The summed E-state index contributed by atoms with van der Waals surface area (Å²) in [6.45, 7) is 1.52. The highest BCUT2D eigenvalue weighted by molar-refractivity contribution is 5.87. The van der Waals surface area contributed by atoms with Crippen LogP contribution >= 0.6 is 0 Å². The minimum absolute atomic E-state index is 0.0428. The Bertz CT molecular complexity index is 337. The number of hydrogen-bond acceptors (Lipinski definition) is 3. The van der Waals surface area contributed by atoms with Crippen LogP contribution in [0.15, 0.2) is 21.3 Å². The molecule has 0 aliphatic rings. The van der Waals surface area contributed by atoms with Crippen molar-refractivity contribution in [3.8, 4) is 0 Å². The molecule has 0 amide bonds. The number of carboxylic acid groups (broad SMARTS) is 1. The van der Waals surface area contributed by atoms with Crippen LogP contribution in [-0.2, 0) is 0 Å². The van der Waals surface area contributed by atoms with E-state index < -0.39 is 11.6 Å². The Kier molecular flexibility index (Phi) is 1.76. The standard InChI is InChI=1S/C7H6O4/c1-4-2-5(7(9)10)3-6(8)11-4/h2-3H,1H3,(H,9,10). The molecule has 0 radical (unpaired) electrons. The smallest absolute Gasteiger partial charge is 0.336 e. The number of hydrogen-bond donors (Lipinski definition) is 1. The predicted octanol–water partition coefficient (Wildman–Crippen LogP) is 0.646. The van der Waals surface area contributed by atoms with Gasteiger partial charge in [-0.15, -0.1) is 0 Å². The zero-order chi connectivity index (χ0) is 8.43. The van der Waals surface area contributed by atoms with Gasteiger partial charge in [0, 0.05) is 6.07 Å². The normalized spacial score (nSPS) is 9.55. The maximum absolute atomic E-state index is 10.6. The van der Waals surface area contributed by atoms with Gasteiger partial charge >= 0.3 is 11.6 Å². The summed E-state index contributed by atoms with van der Waals surface area (Å²) in [5.74, 6) is -0.823. The van der Waals surface area contributed by atoms with Crippen LogP contribution in [0.4, 0.5) is 0 Å². The van der Waals surface area contributed by atoms with Gasteiger partial charge in [0.15, 0.2) is 0 Å². The van der Waals surface area contributed by atoms with Gasteiger partial charge in [-0.05, 0) is 13.0 Å². The summed E-state index contributed by atoms with van der Waals surface area (Å²) >= 11 is 0. The second-order valence-electron chi connectivity index (χ2n) is 2.08. The highest BCUT2D eigenvalue weighted by atomic mass is 16.4. The van der Waals surface area contributed by atoms with Gasteiger partial charge in [-0.1, -0.05) is 0 Å². The van der Waals surface area contributed by atoms with E-state index in [4.69, 9.17) is 5.11 Å². The molecule has 11 heavy (non-hydrogen) atoms. The van der Waals surface area contributed by atoms with E-state index >= 15 is 0 Å². The van der Waals surface area contributed by atoms with Gasteiger partial charge in [0.1, 0.15) is 5.76 Å². The third-order valence-electron chi connectivity index (χ3n) is 1.14. The van der Waals surface area contributed by atoms with Crippen LogP contribution in [0.2, 0.25) is 0 Å². The molecule has 1 aromatic heterocycles. The summed E-state index contributed by atoms with van der Waals surface area (Å²) in [6.07, 6.45) is 0. The molecular weight excluding hydrogens is 148 g/mol. The molecule has 0 bridgehead atoms. The van der Waals surface area contributed by atoms with E-state index in [-0.39, 0.29) is 5.56 Å². The average Bonchev–Trinajstić information content (AvgIpc) is 1.85. The van der Waals surface area contributed by atoms with Crippen molar-refractivity contribution in [3.05, 3.63) is 33.9 Å². The summed E-state index contributed by atoms with van der Waals surface area (Å²) < 4.78 is 4.55. The van der Waals surface area contributed by atoms with E-state index in [1.165, 1.54) is 13.0 Å². The summed E-state index contributed by atoms with van der Waals surface area (Å²) in [7, 11) is 0. The lowest BCUT2D eigenvalue weighted by Gasteiger charge is -1.92. The lowest BCUT2D eigenvalue weighted by Crippen LogP contribution is -2.05. The largest absolute Gasteiger partial charge is 0.478 e. The van der Waals surface area contributed by atoms with Crippen molar-refractivity contribution >= 4 is 5.97 Å². The first kappa shape index (κ1) is 7.53. The van der Waals surface area contributed by atoms with Crippen LogP contribution in [0, 0.1) is 6.92 Å². The Morgan fingerprint density at radius 1 is 1.55 bits per heavy atom. The molecule has 0 saturated heterocycles. The van der Waals surface area contributed by atoms with Gasteiger partial charge in [-0.25, -0.2) is 9.59 Å². The van der Waals surface area contributed by atoms with Crippen LogP contribution in [0.1, 0.15) is 16.1 Å². The molecule has 0 aliphatic carbocycles. The summed E-state index contributed by atoms with van der Waals surface area (Å²) in [4.78, 5) is 20.9. The first-order chi connectivity index (χ1) is 5.09. The Hall–Kier alpha value is -1.58. The van der Waals surface area contributed by atoms with Crippen molar-refractivity contribution in [1.29, 1.82) is 0 Å². The molecule has 58 valence electrons. The molecule has 0 aromatic carbocycles. The Morgan fingerprint density at radius 3 is 2.64 bits per heavy atom. The highest BCUT2D eigenvalue weighted by Gasteiger charge is 2.04. The van der Waals surface area contributed by atoms with Crippen molar-refractivity contribution < 1.29 is 14.3 Å². The van der Waals surface area contributed by atoms with Gasteiger partial charge in [0.2, 0.25) is 0 Å². The zero-order valence-electron chi connectivity index (χ0n) is 5.83. The third kappa shape index (κ3) is 1.67. The molecule has 0 unspecified atom stereocenters. The number of carboxylic acids is 1. The lowest BCUT2D eigenvalue weighted by molar-refractivity contribution is 0.0695. The molecule has 0 spiro atoms. The second kappa shape index (κ2) is 2.57. The summed E-state index contributed by atoms with van der Waals surface area (Å²) in [5, 5.41) is 8.45. The SMILES string of the molecule is Cc1cc(C(=O)O)cc(=O)o1. The molecule has 1 N–H and O–H groups in total. The van der Waals surface area contributed by atoms with Crippen LogP contribution < -0.4 is 5.63 Å². The fourth-order valence-electron chi connectivity index (χ4n) is 0.729. The van der Waals surface area contributed by atoms with Crippen molar-refractivity contribution in [1.82, 2.24) is 0 Å². The molecule has 0 atom stereocenters. The number of rotatable bonds is 1. The third-order valence-corrected chi connectivity index (χ3v) is 1.14. The van der Waals surface area contributed by atoms with Crippen LogP contribution in [0.3, 0.4) is 0 Å². The molecule has 4 nitrogen and oxygen atoms in total. The van der Waals surface area contributed by atoms with Crippen molar-refractivity contribution in [2.24, 2.45) is 0 Å². The first-order valence-corrected chi connectivity index (χ1v) is 2.94. The number of aromatic carboxylic acids is 1. The van der Waals surface area contributed by atoms with Gasteiger partial charge in [0.05, 0.1) is 5.56 Å². The molecule has 1 rings (SSSR count). The van der Waals surface area contributed by atoms with Crippen LogP contribution in [0.5, 0.6) is 0 Å². The van der Waals surface area contributed by atoms with Gasteiger partial charge < -0.3 is 9.52 Å².